The number of nitrogens with zero attached hydrogens (tertiary/aromatic N) is 4. The summed E-state index contributed by atoms with van der Waals surface area (Å²) in [6, 6.07) is 13.0. The number of hydrogen-bond donors (Lipinski definition) is 1. The number of benzene rings is 1. The van der Waals surface area contributed by atoms with Crippen LogP contribution in [0, 0.1) is 0 Å². The highest BCUT2D eigenvalue weighted by Gasteiger charge is 2.19. The lowest BCUT2D eigenvalue weighted by atomic mass is 10.0. The van der Waals surface area contributed by atoms with E-state index in [2.05, 4.69) is 65.4 Å². The molecule has 0 amide bonds. The summed E-state index contributed by atoms with van der Waals surface area (Å²) in [4.78, 5) is 15.6. The Morgan fingerprint density at radius 1 is 1.00 bits per heavy atom. The van der Waals surface area contributed by atoms with E-state index in [0.717, 1.165) is 48.3 Å². The van der Waals surface area contributed by atoms with Gasteiger partial charge in [-0.3, -0.25) is 9.88 Å². The van der Waals surface area contributed by atoms with Crippen molar-refractivity contribution in [2.45, 2.75) is 25.4 Å². The number of nitrogens with one attached hydrogen (secondary N) is 1. The molecule has 128 valence electrons. The molecule has 0 radical (unpaired) electrons. The molecule has 3 heterocycles. The van der Waals surface area contributed by atoms with Gasteiger partial charge in [0.2, 0.25) is 0 Å². The van der Waals surface area contributed by atoms with Crippen LogP contribution < -0.4 is 5.32 Å². The van der Waals surface area contributed by atoms with Gasteiger partial charge in [-0.1, -0.05) is 28.1 Å². The maximum absolute atomic E-state index is 4.56. The van der Waals surface area contributed by atoms with Gasteiger partial charge < -0.3 is 5.32 Å². The third kappa shape index (κ3) is 4.14. The van der Waals surface area contributed by atoms with Crippen LogP contribution in [0.5, 0.6) is 0 Å². The summed E-state index contributed by atoms with van der Waals surface area (Å²) < 4.78 is 1.13. The van der Waals surface area contributed by atoms with Crippen LogP contribution >= 0.6 is 15.9 Å². The van der Waals surface area contributed by atoms with Gasteiger partial charge in [-0.2, -0.15) is 0 Å². The summed E-state index contributed by atoms with van der Waals surface area (Å²) in [5.41, 5.74) is 2.89. The fourth-order valence-electron chi connectivity index (χ4n) is 3.23. The number of pyridine rings is 1. The standard InChI is InChI=1S/C19H20BrN5/c20-15-3-1-14(2-4-15)13-25-11-7-16(8-12-25)23-18-6-5-17-19(24-18)22-10-9-21-17/h1-6,9-10,16H,7-8,11-13H2,(H,22,23,24). The van der Waals surface area contributed by atoms with Crippen molar-refractivity contribution < 1.29 is 0 Å². The van der Waals surface area contributed by atoms with Crippen molar-refractivity contribution in [3.63, 3.8) is 0 Å². The zero-order valence-electron chi connectivity index (χ0n) is 13.9. The molecular formula is C19H20BrN5. The zero-order valence-corrected chi connectivity index (χ0v) is 15.5. The molecule has 1 aliphatic rings. The fraction of sp³-hybridized carbons (Fsp3) is 0.316. The van der Waals surface area contributed by atoms with E-state index in [9.17, 15) is 0 Å². The first-order valence-electron chi connectivity index (χ1n) is 8.57. The molecule has 0 spiro atoms. The number of likely N-dealkylation sites (tertiary alicyclic amines) is 1. The van der Waals surface area contributed by atoms with Crippen LogP contribution in [-0.2, 0) is 6.54 Å². The maximum atomic E-state index is 4.56. The number of rotatable bonds is 4. The van der Waals surface area contributed by atoms with Gasteiger partial charge in [0.05, 0.1) is 0 Å². The van der Waals surface area contributed by atoms with E-state index in [0.29, 0.717) is 11.7 Å². The second-order valence-electron chi connectivity index (χ2n) is 6.42. The Morgan fingerprint density at radius 2 is 1.76 bits per heavy atom. The Labute approximate surface area is 155 Å². The Kier molecular flexibility index (Phi) is 4.90. The van der Waals surface area contributed by atoms with Crippen molar-refractivity contribution in [1.82, 2.24) is 19.9 Å². The Balaban J connectivity index is 1.32. The lowest BCUT2D eigenvalue weighted by Gasteiger charge is -2.32. The number of hydrogen-bond acceptors (Lipinski definition) is 5. The highest BCUT2D eigenvalue weighted by Crippen LogP contribution is 2.19. The molecule has 1 saturated heterocycles. The van der Waals surface area contributed by atoms with Crippen molar-refractivity contribution in [3.8, 4) is 0 Å². The molecular weight excluding hydrogens is 378 g/mol. The molecule has 6 heteroatoms. The average Bonchev–Trinajstić information content (AvgIpc) is 2.65. The summed E-state index contributed by atoms with van der Waals surface area (Å²) in [6.07, 6.45) is 5.62. The molecule has 4 rings (SSSR count). The van der Waals surface area contributed by atoms with Gasteiger partial charge in [-0.15, -0.1) is 0 Å². The largest absolute Gasteiger partial charge is 0.367 e. The molecule has 0 aliphatic carbocycles. The summed E-state index contributed by atoms with van der Waals surface area (Å²) >= 11 is 3.49. The van der Waals surface area contributed by atoms with Crippen LogP contribution in [0.4, 0.5) is 5.82 Å². The summed E-state index contributed by atoms with van der Waals surface area (Å²) in [7, 11) is 0. The number of anilines is 1. The van der Waals surface area contributed by atoms with E-state index in [4.69, 9.17) is 0 Å². The molecule has 1 aliphatic heterocycles. The first-order valence-corrected chi connectivity index (χ1v) is 9.37. The monoisotopic (exact) mass is 397 g/mol. The summed E-state index contributed by atoms with van der Waals surface area (Å²) in [5, 5.41) is 3.55. The smallest absolute Gasteiger partial charge is 0.180 e. The third-order valence-electron chi connectivity index (χ3n) is 4.59. The molecule has 5 nitrogen and oxygen atoms in total. The molecule has 3 aromatic rings. The fourth-order valence-corrected chi connectivity index (χ4v) is 3.49. The lowest BCUT2D eigenvalue weighted by Crippen LogP contribution is -2.38. The van der Waals surface area contributed by atoms with Gasteiger partial charge in [-0.25, -0.2) is 9.97 Å². The number of halogens is 1. The van der Waals surface area contributed by atoms with Crippen molar-refractivity contribution in [2.24, 2.45) is 0 Å². The molecule has 1 fully saturated rings. The second-order valence-corrected chi connectivity index (χ2v) is 7.33. The lowest BCUT2D eigenvalue weighted by molar-refractivity contribution is 0.211. The number of fused-ring (bicyclic) bond motifs is 1. The first-order chi connectivity index (χ1) is 12.3. The SMILES string of the molecule is Brc1ccc(CN2CCC(Nc3ccc4nccnc4n3)CC2)cc1. The highest BCUT2D eigenvalue weighted by atomic mass is 79.9. The molecule has 2 aromatic heterocycles. The topological polar surface area (TPSA) is 53.9 Å². The van der Waals surface area contributed by atoms with Crippen LogP contribution in [0.1, 0.15) is 18.4 Å². The normalized spacial score (nSPS) is 16.2. The molecule has 0 bridgehead atoms. The van der Waals surface area contributed by atoms with Crippen LogP contribution in [0.2, 0.25) is 0 Å². The summed E-state index contributed by atoms with van der Waals surface area (Å²) in [5.74, 6) is 0.888. The van der Waals surface area contributed by atoms with Gasteiger partial charge in [0.25, 0.3) is 0 Å². The van der Waals surface area contributed by atoms with E-state index < -0.39 is 0 Å². The molecule has 25 heavy (non-hydrogen) atoms. The minimum Gasteiger partial charge on any atom is -0.367 e. The van der Waals surface area contributed by atoms with E-state index >= 15 is 0 Å². The molecule has 1 aromatic carbocycles. The number of piperidine rings is 1. The number of aromatic nitrogens is 3. The van der Waals surface area contributed by atoms with Crippen molar-refractivity contribution in [1.29, 1.82) is 0 Å². The minimum atomic E-state index is 0.461. The predicted octanol–water partition coefficient (Wildman–Crippen LogP) is 3.86. The van der Waals surface area contributed by atoms with E-state index in [1.54, 1.807) is 12.4 Å². The molecule has 0 atom stereocenters. The van der Waals surface area contributed by atoms with Crippen molar-refractivity contribution >= 4 is 32.9 Å². The van der Waals surface area contributed by atoms with Crippen LogP contribution in [-0.4, -0.2) is 39.0 Å². The quantitative estimate of drug-likeness (QED) is 0.723. The molecule has 0 saturated carbocycles. The first kappa shape index (κ1) is 16.4. The van der Waals surface area contributed by atoms with Gasteiger partial charge in [0.15, 0.2) is 5.65 Å². The zero-order chi connectivity index (χ0) is 17.1. The van der Waals surface area contributed by atoms with E-state index in [1.165, 1.54) is 5.56 Å². The van der Waals surface area contributed by atoms with Gasteiger partial charge in [0, 0.05) is 42.5 Å². The molecule has 0 unspecified atom stereocenters. The van der Waals surface area contributed by atoms with Crippen molar-refractivity contribution in [3.05, 3.63) is 58.8 Å². The molecule has 1 N–H and O–H groups in total. The van der Waals surface area contributed by atoms with Gasteiger partial charge in [0.1, 0.15) is 11.3 Å². The highest BCUT2D eigenvalue weighted by molar-refractivity contribution is 9.10. The Hall–Kier alpha value is -2.05. The van der Waals surface area contributed by atoms with E-state index in [-0.39, 0.29) is 0 Å². The van der Waals surface area contributed by atoms with Gasteiger partial charge >= 0.3 is 0 Å². The van der Waals surface area contributed by atoms with Crippen molar-refractivity contribution in [2.75, 3.05) is 18.4 Å². The predicted molar refractivity (Wildman–Crippen MR) is 103 cm³/mol. The summed E-state index contributed by atoms with van der Waals surface area (Å²) in [6.45, 7) is 3.21. The second kappa shape index (κ2) is 7.45. The average molecular weight is 398 g/mol. The maximum Gasteiger partial charge on any atom is 0.180 e. The Morgan fingerprint density at radius 3 is 2.56 bits per heavy atom. The van der Waals surface area contributed by atoms with Crippen LogP contribution in [0.15, 0.2) is 53.3 Å². The third-order valence-corrected chi connectivity index (χ3v) is 5.12. The minimum absolute atomic E-state index is 0.461. The van der Waals surface area contributed by atoms with Crippen LogP contribution in [0.25, 0.3) is 11.2 Å². The van der Waals surface area contributed by atoms with Gasteiger partial charge in [-0.05, 0) is 42.7 Å². The van der Waals surface area contributed by atoms with Crippen LogP contribution in [0.3, 0.4) is 0 Å². The van der Waals surface area contributed by atoms with E-state index in [1.807, 2.05) is 12.1 Å². The Bertz CT molecular complexity index is 844.